The highest BCUT2D eigenvalue weighted by Gasteiger charge is 2.18. The van der Waals surface area contributed by atoms with Gasteiger partial charge >= 0.3 is 0 Å². The number of rotatable bonds is 3. The van der Waals surface area contributed by atoms with Crippen LogP contribution in [0.3, 0.4) is 0 Å². The van der Waals surface area contributed by atoms with E-state index in [1.54, 1.807) is 0 Å². The third-order valence-corrected chi connectivity index (χ3v) is 4.51. The molecule has 1 unspecified atom stereocenters. The van der Waals surface area contributed by atoms with E-state index in [2.05, 4.69) is 24.0 Å². The summed E-state index contributed by atoms with van der Waals surface area (Å²) in [5.74, 6) is 0.465. The van der Waals surface area contributed by atoms with E-state index >= 15 is 0 Å². The maximum atomic E-state index is 10.5. The number of hydrogen-bond acceptors (Lipinski definition) is 2. The molecule has 2 heteroatoms. The minimum atomic E-state index is 0.465. The first-order chi connectivity index (χ1) is 9.75. The summed E-state index contributed by atoms with van der Waals surface area (Å²) in [7, 11) is 0. The molecule has 0 spiro atoms. The van der Waals surface area contributed by atoms with Crippen LogP contribution in [0.1, 0.15) is 31.7 Å². The van der Waals surface area contributed by atoms with E-state index in [0.717, 1.165) is 22.8 Å². The Balaban J connectivity index is 1.81. The van der Waals surface area contributed by atoms with Crippen molar-refractivity contribution < 1.29 is 5.11 Å². The Kier molecular flexibility index (Phi) is 3.93. The third kappa shape index (κ3) is 2.66. The van der Waals surface area contributed by atoms with Gasteiger partial charge in [0.2, 0.25) is 0 Å². The summed E-state index contributed by atoms with van der Waals surface area (Å²) in [6.45, 7) is 4.69. The number of phenolic OH excluding ortho intramolecular Hbond substituents is 1. The molecule has 1 fully saturated rings. The van der Waals surface area contributed by atoms with Gasteiger partial charge in [0.15, 0.2) is 0 Å². The highest BCUT2D eigenvalue weighted by atomic mass is 16.3. The van der Waals surface area contributed by atoms with E-state index in [-0.39, 0.29) is 0 Å². The Morgan fingerprint density at radius 3 is 2.60 bits per heavy atom. The maximum absolute atomic E-state index is 10.5. The van der Waals surface area contributed by atoms with Gasteiger partial charge in [0.1, 0.15) is 5.75 Å². The monoisotopic (exact) mass is 269 g/mol. The molecule has 20 heavy (non-hydrogen) atoms. The number of benzene rings is 2. The third-order valence-electron chi connectivity index (χ3n) is 4.51. The van der Waals surface area contributed by atoms with Crippen LogP contribution in [0.15, 0.2) is 36.4 Å². The van der Waals surface area contributed by atoms with Gasteiger partial charge in [-0.1, -0.05) is 42.8 Å². The minimum Gasteiger partial charge on any atom is -0.507 e. The molecule has 0 aromatic heterocycles. The first kappa shape index (κ1) is 13.4. The molecule has 2 aromatic carbocycles. The van der Waals surface area contributed by atoms with Crippen LogP contribution in [0, 0.1) is 0 Å². The second kappa shape index (κ2) is 5.84. The lowest BCUT2D eigenvalue weighted by atomic mass is 9.99. The molecule has 3 rings (SSSR count). The summed E-state index contributed by atoms with van der Waals surface area (Å²) >= 11 is 0. The van der Waals surface area contributed by atoms with Crippen LogP contribution in [0.4, 0.5) is 0 Å². The molecule has 106 valence electrons. The molecule has 2 nitrogen and oxygen atoms in total. The first-order valence-corrected chi connectivity index (χ1v) is 7.69. The normalized spacial score (nSPS) is 18.2. The zero-order chi connectivity index (χ0) is 13.9. The van der Waals surface area contributed by atoms with E-state index in [4.69, 9.17) is 0 Å². The van der Waals surface area contributed by atoms with Gasteiger partial charge < -0.3 is 10.0 Å². The first-order valence-electron chi connectivity index (χ1n) is 7.69. The Labute approximate surface area is 121 Å². The summed E-state index contributed by atoms with van der Waals surface area (Å²) in [4.78, 5) is 2.55. The SMILES string of the molecule is CC(Cc1ccc2ccccc2c1O)N1CCCCC1. The number of nitrogens with zero attached hydrogens (tertiary/aromatic N) is 1. The van der Waals surface area contributed by atoms with Gasteiger partial charge in [-0.05, 0) is 50.2 Å². The fourth-order valence-electron chi connectivity index (χ4n) is 3.27. The van der Waals surface area contributed by atoms with E-state index < -0.39 is 0 Å². The van der Waals surface area contributed by atoms with Gasteiger partial charge in [0, 0.05) is 11.4 Å². The largest absolute Gasteiger partial charge is 0.507 e. The van der Waals surface area contributed by atoms with Crippen molar-refractivity contribution in [3.63, 3.8) is 0 Å². The summed E-state index contributed by atoms with van der Waals surface area (Å²) < 4.78 is 0. The van der Waals surface area contributed by atoms with Crippen LogP contribution in [0.25, 0.3) is 10.8 Å². The molecule has 1 N–H and O–H groups in total. The standard InChI is InChI=1S/C18H23NO/c1-14(19-11-5-2-6-12-19)13-16-10-9-15-7-3-4-8-17(15)18(16)20/h3-4,7-10,14,20H,2,5-6,11-13H2,1H3. The molecular formula is C18H23NO. The lowest BCUT2D eigenvalue weighted by Crippen LogP contribution is -2.38. The maximum Gasteiger partial charge on any atom is 0.126 e. The number of piperidine rings is 1. The predicted molar refractivity (Wildman–Crippen MR) is 84.2 cm³/mol. The lowest BCUT2D eigenvalue weighted by molar-refractivity contribution is 0.172. The number of likely N-dealkylation sites (tertiary alicyclic amines) is 1. The van der Waals surface area contributed by atoms with Crippen molar-refractivity contribution in [3.05, 3.63) is 42.0 Å². The van der Waals surface area contributed by atoms with Gasteiger partial charge in [-0.3, -0.25) is 0 Å². The predicted octanol–water partition coefficient (Wildman–Crippen LogP) is 3.96. The van der Waals surface area contributed by atoms with Gasteiger partial charge in [0.25, 0.3) is 0 Å². The van der Waals surface area contributed by atoms with Crippen molar-refractivity contribution in [3.8, 4) is 5.75 Å². The summed E-state index contributed by atoms with van der Waals surface area (Å²) in [5.41, 5.74) is 1.07. The molecule has 1 aliphatic rings. The number of hydrogen-bond donors (Lipinski definition) is 1. The fourth-order valence-corrected chi connectivity index (χ4v) is 3.27. The average molecular weight is 269 g/mol. The molecule has 0 radical (unpaired) electrons. The van der Waals surface area contributed by atoms with Gasteiger partial charge in [-0.25, -0.2) is 0 Å². The molecule has 0 amide bonds. The average Bonchev–Trinajstić information content (AvgIpc) is 2.51. The van der Waals surface area contributed by atoms with Gasteiger partial charge in [-0.2, -0.15) is 0 Å². The second-order valence-corrected chi connectivity index (χ2v) is 5.94. The molecule has 1 aliphatic heterocycles. The molecule has 0 saturated carbocycles. The Morgan fingerprint density at radius 1 is 1.05 bits per heavy atom. The van der Waals surface area contributed by atoms with Gasteiger partial charge in [0.05, 0.1) is 0 Å². The highest BCUT2D eigenvalue weighted by Crippen LogP contribution is 2.30. The van der Waals surface area contributed by atoms with Crippen molar-refractivity contribution in [2.75, 3.05) is 13.1 Å². The van der Waals surface area contributed by atoms with Crippen molar-refractivity contribution in [2.45, 2.75) is 38.6 Å². The smallest absolute Gasteiger partial charge is 0.126 e. The molecule has 0 aliphatic carbocycles. The number of aromatic hydroxyl groups is 1. The van der Waals surface area contributed by atoms with E-state index in [9.17, 15) is 5.11 Å². The fraction of sp³-hybridized carbons (Fsp3) is 0.444. The summed E-state index contributed by atoms with van der Waals surface area (Å²) in [6, 6.07) is 12.7. The van der Waals surface area contributed by atoms with Crippen molar-refractivity contribution in [1.82, 2.24) is 4.90 Å². The number of phenols is 1. The second-order valence-electron chi connectivity index (χ2n) is 5.94. The van der Waals surface area contributed by atoms with Crippen molar-refractivity contribution in [1.29, 1.82) is 0 Å². The van der Waals surface area contributed by atoms with Crippen LogP contribution in [-0.4, -0.2) is 29.1 Å². The highest BCUT2D eigenvalue weighted by molar-refractivity contribution is 5.89. The van der Waals surface area contributed by atoms with Crippen molar-refractivity contribution in [2.24, 2.45) is 0 Å². The number of fused-ring (bicyclic) bond motifs is 1. The quantitative estimate of drug-likeness (QED) is 0.911. The summed E-state index contributed by atoms with van der Waals surface area (Å²) in [5, 5.41) is 12.6. The summed E-state index contributed by atoms with van der Waals surface area (Å²) in [6.07, 6.45) is 4.92. The van der Waals surface area contributed by atoms with Crippen molar-refractivity contribution >= 4 is 10.8 Å². The van der Waals surface area contributed by atoms with Crippen LogP contribution in [0.2, 0.25) is 0 Å². The molecule has 1 atom stereocenters. The molecule has 2 aromatic rings. The minimum absolute atomic E-state index is 0.465. The molecular weight excluding hydrogens is 246 g/mol. The zero-order valence-electron chi connectivity index (χ0n) is 12.2. The Morgan fingerprint density at radius 2 is 1.80 bits per heavy atom. The van der Waals surface area contributed by atoms with E-state index in [1.807, 2.05) is 24.3 Å². The Bertz CT molecular complexity index is 587. The van der Waals surface area contributed by atoms with Gasteiger partial charge in [-0.15, -0.1) is 0 Å². The van der Waals surface area contributed by atoms with E-state index in [0.29, 0.717) is 11.8 Å². The molecule has 0 bridgehead atoms. The van der Waals surface area contributed by atoms with Crippen LogP contribution in [0.5, 0.6) is 5.75 Å². The van der Waals surface area contributed by atoms with Crippen LogP contribution >= 0.6 is 0 Å². The molecule has 1 saturated heterocycles. The van der Waals surface area contributed by atoms with E-state index in [1.165, 1.54) is 32.4 Å². The lowest BCUT2D eigenvalue weighted by Gasteiger charge is -2.32. The van der Waals surface area contributed by atoms with Crippen LogP contribution < -0.4 is 0 Å². The topological polar surface area (TPSA) is 23.5 Å². The molecule has 1 heterocycles. The zero-order valence-corrected chi connectivity index (χ0v) is 12.2. The Hall–Kier alpha value is -1.54. The van der Waals surface area contributed by atoms with Crippen LogP contribution in [-0.2, 0) is 6.42 Å².